The van der Waals surface area contributed by atoms with E-state index in [4.69, 9.17) is 17.0 Å². The molecule has 4 rings (SSSR count). The number of rotatable bonds is 6. The van der Waals surface area contributed by atoms with E-state index in [9.17, 15) is 9.59 Å². The van der Waals surface area contributed by atoms with E-state index in [0.29, 0.717) is 27.1 Å². The average molecular weight is 417 g/mol. The van der Waals surface area contributed by atoms with Crippen LogP contribution < -0.4 is 15.6 Å². The number of carbonyl (C=O) groups excluding carboxylic acids is 1. The Hall–Kier alpha value is -3.71. The number of fused-ring (bicyclic) bond motifs is 1. The molecule has 4 aromatic rings. The van der Waals surface area contributed by atoms with Gasteiger partial charge in [0, 0.05) is 18.7 Å². The van der Waals surface area contributed by atoms with Gasteiger partial charge in [-0.15, -0.1) is 0 Å². The minimum Gasteiger partial charge on any atom is -0.457 e. The van der Waals surface area contributed by atoms with Crippen molar-refractivity contribution in [3.05, 3.63) is 94.0 Å². The maximum atomic E-state index is 12.6. The summed E-state index contributed by atoms with van der Waals surface area (Å²) in [4.78, 5) is 28.0. The van der Waals surface area contributed by atoms with Crippen molar-refractivity contribution in [1.82, 2.24) is 9.55 Å². The Labute approximate surface area is 177 Å². The number of benzene rings is 3. The second kappa shape index (κ2) is 8.75. The molecule has 2 N–H and O–H groups in total. The molecule has 7 heteroatoms. The van der Waals surface area contributed by atoms with Gasteiger partial charge in [0.15, 0.2) is 4.77 Å². The summed E-state index contributed by atoms with van der Waals surface area (Å²) in [5.74, 6) is 1.21. The molecule has 0 aliphatic rings. The van der Waals surface area contributed by atoms with E-state index >= 15 is 0 Å². The van der Waals surface area contributed by atoms with Crippen LogP contribution in [0.2, 0.25) is 0 Å². The second-order valence-corrected chi connectivity index (χ2v) is 7.06. The molecule has 0 saturated heterocycles. The number of para-hydroxylation sites is 2. The quantitative estimate of drug-likeness (QED) is 0.439. The Morgan fingerprint density at radius 2 is 1.60 bits per heavy atom. The summed E-state index contributed by atoms with van der Waals surface area (Å²) < 4.78 is 7.45. The fraction of sp³-hybridized carbons (Fsp3) is 0.0870. The number of aromatic amines is 1. The third kappa shape index (κ3) is 4.47. The van der Waals surface area contributed by atoms with Gasteiger partial charge in [0.1, 0.15) is 11.5 Å². The number of ether oxygens (including phenoxy) is 1. The van der Waals surface area contributed by atoms with E-state index in [-0.39, 0.29) is 24.4 Å². The van der Waals surface area contributed by atoms with Crippen molar-refractivity contribution in [2.45, 2.75) is 13.0 Å². The van der Waals surface area contributed by atoms with Crippen molar-refractivity contribution in [3.8, 4) is 11.5 Å². The van der Waals surface area contributed by atoms with E-state index < -0.39 is 0 Å². The van der Waals surface area contributed by atoms with Gasteiger partial charge >= 0.3 is 0 Å². The number of hydrogen-bond acceptors (Lipinski definition) is 4. The first kappa shape index (κ1) is 19.6. The molecule has 1 aromatic heterocycles. The zero-order valence-corrected chi connectivity index (χ0v) is 16.8. The molecular formula is C23H19N3O3S. The number of nitrogens with one attached hydrogen (secondary N) is 2. The van der Waals surface area contributed by atoms with Crippen LogP contribution >= 0.6 is 12.2 Å². The fourth-order valence-electron chi connectivity index (χ4n) is 3.07. The summed E-state index contributed by atoms with van der Waals surface area (Å²) >= 11 is 5.28. The molecule has 0 fully saturated rings. The summed E-state index contributed by atoms with van der Waals surface area (Å²) in [6.07, 6.45) is 0.123. The molecule has 3 aromatic carbocycles. The van der Waals surface area contributed by atoms with Crippen LogP contribution in [0.15, 0.2) is 83.7 Å². The van der Waals surface area contributed by atoms with Crippen LogP contribution in [0.3, 0.4) is 0 Å². The third-order valence-electron chi connectivity index (χ3n) is 4.57. The monoisotopic (exact) mass is 417 g/mol. The van der Waals surface area contributed by atoms with Gasteiger partial charge in [0.2, 0.25) is 5.91 Å². The predicted octanol–water partition coefficient (Wildman–Crippen LogP) is 4.88. The van der Waals surface area contributed by atoms with Crippen molar-refractivity contribution in [3.63, 3.8) is 0 Å². The first-order valence-corrected chi connectivity index (χ1v) is 9.86. The van der Waals surface area contributed by atoms with Crippen molar-refractivity contribution in [1.29, 1.82) is 0 Å². The number of carbonyl (C=O) groups is 1. The maximum absolute atomic E-state index is 12.6. The average Bonchev–Trinajstić information content (AvgIpc) is 2.76. The highest BCUT2D eigenvalue weighted by molar-refractivity contribution is 7.71. The van der Waals surface area contributed by atoms with Gasteiger partial charge in [-0.1, -0.05) is 30.3 Å². The number of hydrogen-bond donors (Lipinski definition) is 2. The van der Waals surface area contributed by atoms with Gasteiger partial charge in [0.25, 0.3) is 5.56 Å². The second-order valence-electron chi connectivity index (χ2n) is 6.67. The summed E-state index contributed by atoms with van der Waals surface area (Å²) in [7, 11) is 0. The Morgan fingerprint density at radius 3 is 2.37 bits per heavy atom. The minimum absolute atomic E-state index is 0.123. The first-order chi connectivity index (χ1) is 14.6. The highest BCUT2D eigenvalue weighted by Crippen LogP contribution is 2.22. The Bertz CT molecular complexity index is 1300. The van der Waals surface area contributed by atoms with Crippen LogP contribution in [0, 0.1) is 4.77 Å². The number of anilines is 1. The molecule has 0 bridgehead atoms. The normalized spacial score (nSPS) is 10.7. The van der Waals surface area contributed by atoms with Crippen LogP contribution in [0.25, 0.3) is 10.9 Å². The van der Waals surface area contributed by atoms with Gasteiger partial charge in [0.05, 0.1) is 10.9 Å². The predicted molar refractivity (Wildman–Crippen MR) is 120 cm³/mol. The molecule has 1 amide bonds. The van der Waals surface area contributed by atoms with Gasteiger partial charge in [-0.05, 0) is 60.7 Å². The molecule has 0 aliphatic heterocycles. The summed E-state index contributed by atoms with van der Waals surface area (Å²) in [6, 6.07) is 23.7. The van der Waals surface area contributed by atoms with Crippen LogP contribution in [-0.2, 0) is 11.3 Å². The lowest BCUT2D eigenvalue weighted by Gasteiger charge is -2.10. The van der Waals surface area contributed by atoms with Crippen LogP contribution in [0.1, 0.15) is 6.42 Å². The van der Waals surface area contributed by atoms with E-state index in [1.165, 1.54) is 4.57 Å². The number of amides is 1. The lowest BCUT2D eigenvalue weighted by Crippen LogP contribution is -2.25. The van der Waals surface area contributed by atoms with Crippen molar-refractivity contribution < 1.29 is 9.53 Å². The van der Waals surface area contributed by atoms with Crippen LogP contribution in [0.5, 0.6) is 11.5 Å². The lowest BCUT2D eigenvalue weighted by molar-refractivity contribution is -0.116. The van der Waals surface area contributed by atoms with E-state index in [0.717, 1.165) is 5.75 Å². The van der Waals surface area contributed by atoms with E-state index in [1.807, 2.05) is 36.4 Å². The Balaban J connectivity index is 1.39. The van der Waals surface area contributed by atoms with Gasteiger partial charge < -0.3 is 15.0 Å². The number of H-pyrrole nitrogens is 1. The molecule has 0 aliphatic carbocycles. The van der Waals surface area contributed by atoms with Crippen molar-refractivity contribution in [2.75, 3.05) is 5.32 Å². The Kier molecular flexibility index (Phi) is 5.72. The molecule has 0 spiro atoms. The highest BCUT2D eigenvalue weighted by Gasteiger charge is 2.08. The molecule has 150 valence electrons. The third-order valence-corrected chi connectivity index (χ3v) is 4.89. The molecule has 6 nitrogen and oxygen atoms in total. The fourth-order valence-corrected chi connectivity index (χ4v) is 3.35. The molecule has 0 radical (unpaired) electrons. The standard InChI is InChI=1S/C23H19N3O3S/c27-21(14-15-26-22(28)19-8-4-5-9-20(19)25-23(26)30)24-16-10-12-18(13-11-16)29-17-6-2-1-3-7-17/h1-13H,14-15H2,(H,24,27)(H,25,30). The number of nitrogens with zero attached hydrogens (tertiary/aromatic N) is 1. The number of aromatic nitrogens is 2. The van der Waals surface area contributed by atoms with Crippen LogP contribution in [-0.4, -0.2) is 15.5 Å². The highest BCUT2D eigenvalue weighted by atomic mass is 32.1. The van der Waals surface area contributed by atoms with E-state index in [1.54, 1.807) is 42.5 Å². The summed E-state index contributed by atoms with van der Waals surface area (Å²) in [5.41, 5.74) is 1.13. The zero-order valence-electron chi connectivity index (χ0n) is 16.0. The smallest absolute Gasteiger partial charge is 0.262 e. The van der Waals surface area contributed by atoms with Gasteiger partial charge in [-0.3, -0.25) is 14.2 Å². The summed E-state index contributed by atoms with van der Waals surface area (Å²) in [5, 5.41) is 3.37. The molecule has 0 unspecified atom stereocenters. The summed E-state index contributed by atoms with van der Waals surface area (Å²) in [6.45, 7) is 0.194. The maximum Gasteiger partial charge on any atom is 0.262 e. The first-order valence-electron chi connectivity index (χ1n) is 9.45. The van der Waals surface area contributed by atoms with Gasteiger partial charge in [-0.25, -0.2) is 0 Å². The zero-order chi connectivity index (χ0) is 20.9. The molecule has 1 heterocycles. The largest absolute Gasteiger partial charge is 0.457 e. The van der Waals surface area contributed by atoms with Crippen molar-refractivity contribution >= 4 is 34.7 Å². The molecule has 0 atom stereocenters. The lowest BCUT2D eigenvalue weighted by atomic mass is 10.2. The minimum atomic E-state index is -0.207. The SMILES string of the molecule is O=C(CCn1c(=S)[nH]c2ccccc2c1=O)Nc1ccc(Oc2ccccc2)cc1. The molecule has 30 heavy (non-hydrogen) atoms. The van der Waals surface area contributed by atoms with Crippen LogP contribution in [0.4, 0.5) is 5.69 Å². The molecule has 0 saturated carbocycles. The van der Waals surface area contributed by atoms with E-state index in [2.05, 4.69) is 10.3 Å². The molecular weight excluding hydrogens is 398 g/mol. The Morgan fingerprint density at radius 1 is 0.933 bits per heavy atom. The topological polar surface area (TPSA) is 76.1 Å². The van der Waals surface area contributed by atoms with Crippen molar-refractivity contribution in [2.24, 2.45) is 0 Å². The van der Waals surface area contributed by atoms with Gasteiger partial charge in [-0.2, -0.15) is 0 Å².